The van der Waals surface area contributed by atoms with Crippen molar-refractivity contribution in [3.05, 3.63) is 35.6 Å². The van der Waals surface area contributed by atoms with E-state index in [-0.39, 0.29) is 17.5 Å². The minimum atomic E-state index is -0.317. The maximum absolute atomic E-state index is 13.9. The lowest BCUT2D eigenvalue weighted by Crippen LogP contribution is -2.07. The topological polar surface area (TPSA) is 89.8 Å². The molecule has 5 nitrogen and oxygen atoms in total. The molecule has 0 saturated heterocycles. The van der Waals surface area contributed by atoms with E-state index in [1.165, 1.54) is 12.1 Å². The average molecular weight is 279 g/mol. The lowest BCUT2D eigenvalue weighted by atomic mass is 10.2. The van der Waals surface area contributed by atoms with Crippen LogP contribution in [0.3, 0.4) is 0 Å². The molecule has 2 rings (SSSR count). The number of hydrogen-bond acceptors (Lipinski definition) is 6. The normalized spacial score (nSPS) is 10.6. The average Bonchev–Trinajstić information content (AvgIpc) is 2.32. The monoisotopic (exact) mass is 279 g/mol. The Morgan fingerprint density at radius 1 is 1.26 bits per heavy atom. The second kappa shape index (κ2) is 5.85. The summed E-state index contributed by atoms with van der Waals surface area (Å²) in [5.41, 5.74) is 12.0. The predicted molar refractivity (Wildman–Crippen MR) is 74.1 cm³/mol. The molecule has 1 heterocycles. The van der Waals surface area contributed by atoms with Gasteiger partial charge in [0.1, 0.15) is 17.5 Å². The summed E-state index contributed by atoms with van der Waals surface area (Å²) in [4.78, 5) is 8.54. The van der Waals surface area contributed by atoms with Crippen molar-refractivity contribution in [2.45, 2.75) is 16.6 Å². The van der Waals surface area contributed by atoms with Gasteiger partial charge in [0.2, 0.25) is 0 Å². The Kier molecular flexibility index (Phi) is 4.18. The summed E-state index contributed by atoms with van der Waals surface area (Å²) < 4.78 is 13.9. The summed E-state index contributed by atoms with van der Waals surface area (Å²) in [7, 11) is 1.80. The van der Waals surface area contributed by atoms with E-state index in [1.54, 1.807) is 13.1 Å². The third-order valence-corrected chi connectivity index (χ3v) is 3.38. The number of nitrogen functional groups attached to an aromatic ring is 2. The van der Waals surface area contributed by atoms with Gasteiger partial charge in [0.15, 0.2) is 5.16 Å². The molecule has 0 radical (unpaired) electrons. The van der Waals surface area contributed by atoms with E-state index < -0.39 is 0 Å². The number of hydrogen-bond donors (Lipinski definition) is 3. The molecule has 1 aromatic heterocycles. The fourth-order valence-electron chi connectivity index (χ4n) is 1.60. The fraction of sp³-hybridized carbons (Fsp3) is 0.167. The van der Waals surface area contributed by atoms with E-state index in [2.05, 4.69) is 15.3 Å². The second-order valence-corrected chi connectivity index (χ2v) is 4.84. The Hall–Kier alpha value is -1.86. The van der Waals surface area contributed by atoms with Crippen LogP contribution < -0.4 is 16.8 Å². The molecule has 0 aliphatic rings. The summed E-state index contributed by atoms with van der Waals surface area (Å²) in [5.74, 6) is 0.213. The molecule has 0 amide bonds. The summed E-state index contributed by atoms with van der Waals surface area (Å²) in [6.45, 7) is 0.553. The lowest BCUT2D eigenvalue weighted by Gasteiger charge is -2.09. The Bertz CT molecular complexity index is 570. The Labute approximate surface area is 114 Å². The first kappa shape index (κ1) is 13.6. The first-order valence-corrected chi connectivity index (χ1v) is 6.41. The Balaban J connectivity index is 2.36. The lowest BCUT2D eigenvalue weighted by molar-refractivity contribution is 0.594. The number of nitrogens with zero attached hydrogens (tertiary/aromatic N) is 2. The molecule has 2 aromatic rings. The molecule has 0 saturated carbocycles. The van der Waals surface area contributed by atoms with Gasteiger partial charge in [-0.05, 0) is 30.4 Å². The van der Waals surface area contributed by atoms with Crippen molar-refractivity contribution in [3.63, 3.8) is 0 Å². The van der Waals surface area contributed by atoms with E-state index in [1.807, 2.05) is 6.07 Å². The van der Waals surface area contributed by atoms with Crippen molar-refractivity contribution >= 4 is 23.4 Å². The molecule has 0 fully saturated rings. The molecule has 1 aromatic carbocycles. The van der Waals surface area contributed by atoms with Crippen LogP contribution in [-0.2, 0) is 6.54 Å². The molecule has 0 aliphatic heterocycles. The van der Waals surface area contributed by atoms with E-state index in [0.717, 1.165) is 17.3 Å². The molecule has 7 heteroatoms. The number of rotatable bonds is 4. The third-order valence-electron chi connectivity index (χ3n) is 2.35. The number of nitrogens with one attached hydrogen (secondary N) is 1. The predicted octanol–water partition coefficient (Wildman–Crippen LogP) is 1.65. The zero-order valence-corrected chi connectivity index (χ0v) is 11.2. The van der Waals surface area contributed by atoms with Gasteiger partial charge in [-0.3, -0.25) is 0 Å². The van der Waals surface area contributed by atoms with Crippen molar-refractivity contribution in [3.8, 4) is 0 Å². The molecule has 100 valence electrons. The maximum atomic E-state index is 13.9. The summed E-state index contributed by atoms with van der Waals surface area (Å²) in [6.07, 6.45) is 0. The highest BCUT2D eigenvalue weighted by molar-refractivity contribution is 7.99. The molecular formula is C12H14FN5S. The van der Waals surface area contributed by atoms with Crippen LogP contribution in [0.5, 0.6) is 0 Å². The van der Waals surface area contributed by atoms with Crippen molar-refractivity contribution in [1.82, 2.24) is 15.3 Å². The summed E-state index contributed by atoms with van der Waals surface area (Å²) >= 11 is 1.11. The Morgan fingerprint density at radius 2 is 1.95 bits per heavy atom. The first-order valence-electron chi connectivity index (χ1n) is 5.60. The highest BCUT2D eigenvalue weighted by atomic mass is 32.2. The van der Waals surface area contributed by atoms with Crippen LogP contribution in [0.1, 0.15) is 5.56 Å². The van der Waals surface area contributed by atoms with Crippen LogP contribution in [-0.4, -0.2) is 17.0 Å². The van der Waals surface area contributed by atoms with Crippen LogP contribution in [0.15, 0.2) is 34.3 Å². The van der Waals surface area contributed by atoms with Crippen molar-refractivity contribution in [2.24, 2.45) is 0 Å². The molecule has 0 unspecified atom stereocenters. The van der Waals surface area contributed by atoms with Gasteiger partial charge in [0.25, 0.3) is 0 Å². The highest BCUT2D eigenvalue weighted by Crippen LogP contribution is 2.31. The molecule has 0 spiro atoms. The minimum Gasteiger partial charge on any atom is -0.383 e. The van der Waals surface area contributed by atoms with E-state index in [0.29, 0.717) is 16.6 Å². The number of anilines is 2. The van der Waals surface area contributed by atoms with Crippen LogP contribution in [0.4, 0.5) is 16.0 Å². The molecule has 5 N–H and O–H groups in total. The zero-order valence-electron chi connectivity index (χ0n) is 10.4. The zero-order chi connectivity index (χ0) is 13.8. The SMILES string of the molecule is CNCc1cccc(F)c1Sc1nc(N)cc(N)n1. The van der Waals surface area contributed by atoms with Gasteiger partial charge >= 0.3 is 0 Å². The number of nitrogens with two attached hydrogens (primary N) is 2. The van der Waals surface area contributed by atoms with Crippen molar-refractivity contribution in [1.29, 1.82) is 0 Å². The van der Waals surface area contributed by atoms with Crippen LogP contribution >= 0.6 is 11.8 Å². The van der Waals surface area contributed by atoms with Gasteiger partial charge in [-0.15, -0.1) is 0 Å². The highest BCUT2D eigenvalue weighted by Gasteiger charge is 2.12. The minimum absolute atomic E-state index is 0.265. The largest absolute Gasteiger partial charge is 0.383 e. The summed E-state index contributed by atoms with van der Waals surface area (Å²) in [6, 6.07) is 6.37. The second-order valence-electron chi connectivity index (χ2n) is 3.86. The van der Waals surface area contributed by atoms with Crippen LogP contribution in [0, 0.1) is 5.82 Å². The number of benzene rings is 1. The van der Waals surface area contributed by atoms with Crippen molar-refractivity contribution in [2.75, 3.05) is 18.5 Å². The van der Waals surface area contributed by atoms with Gasteiger partial charge in [-0.25, -0.2) is 14.4 Å². The van der Waals surface area contributed by atoms with Gasteiger partial charge in [0, 0.05) is 12.6 Å². The number of aromatic nitrogens is 2. The quantitative estimate of drug-likeness (QED) is 0.737. The van der Waals surface area contributed by atoms with Gasteiger partial charge < -0.3 is 16.8 Å². The van der Waals surface area contributed by atoms with Crippen LogP contribution in [0.25, 0.3) is 0 Å². The Morgan fingerprint density at radius 3 is 2.58 bits per heavy atom. The summed E-state index contributed by atoms with van der Waals surface area (Å²) in [5, 5.41) is 3.32. The molecule has 0 atom stereocenters. The van der Waals surface area contributed by atoms with Gasteiger partial charge in [0.05, 0.1) is 4.90 Å². The van der Waals surface area contributed by atoms with E-state index in [9.17, 15) is 4.39 Å². The van der Waals surface area contributed by atoms with E-state index in [4.69, 9.17) is 11.5 Å². The van der Waals surface area contributed by atoms with Crippen molar-refractivity contribution < 1.29 is 4.39 Å². The van der Waals surface area contributed by atoms with Crippen LogP contribution in [0.2, 0.25) is 0 Å². The standard InChI is InChI=1S/C12H14FN5S/c1-16-6-7-3-2-4-8(13)11(7)19-12-17-9(14)5-10(15)18-12/h2-5,16H,6H2,1H3,(H4,14,15,17,18). The fourth-order valence-corrected chi connectivity index (χ4v) is 2.52. The smallest absolute Gasteiger partial charge is 0.196 e. The maximum Gasteiger partial charge on any atom is 0.196 e. The number of halogens is 1. The first-order chi connectivity index (χ1) is 9.10. The molecule has 0 aliphatic carbocycles. The third kappa shape index (κ3) is 3.33. The molecule has 0 bridgehead atoms. The molecular weight excluding hydrogens is 265 g/mol. The van der Waals surface area contributed by atoms with Gasteiger partial charge in [-0.2, -0.15) is 0 Å². The van der Waals surface area contributed by atoms with Gasteiger partial charge in [-0.1, -0.05) is 12.1 Å². The van der Waals surface area contributed by atoms with E-state index >= 15 is 0 Å². The molecule has 19 heavy (non-hydrogen) atoms.